The number of aliphatic carboxylic acids is 1. The van der Waals surface area contributed by atoms with Crippen molar-refractivity contribution in [3.8, 4) is 0 Å². The van der Waals surface area contributed by atoms with Gasteiger partial charge in [0.05, 0.1) is 0 Å². The molecule has 0 aliphatic carbocycles. The molecule has 0 aromatic heterocycles. The molecule has 55 heavy (non-hydrogen) atoms. The third kappa shape index (κ3) is 25.0. The zero-order chi connectivity index (χ0) is 41.3. The van der Waals surface area contributed by atoms with Crippen LogP contribution < -0.4 is 0 Å². The minimum Gasteiger partial charge on any atom is -0.480 e. The molecule has 0 radical (unpaired) electrons. The van der Waals surface area contributed by atoms with Crippen LogP contribution in [0.15, 0.2) is 0 Å². The van der Waals surface area contributed by atoms with Crippen molar-refractivity contribution in [2.24, 2.45) is 29.6 Å². The van der Waals surface area contributed by atoms with Gasteiger partial charge in [0.25, 0.3) is 6.47 Å². The maximum absolute atomic E-state index is 13.2. The third-order valence-corrected chi connectivity index (χ3v) is 13.1. The Bertz CT molecular complexity index is 874. The van der Waals surface area contributed by atoms with Crippen molar-refractivity contribution in [2.75, 3.05) is 45.8 Å². The summed E-state index contributed by atoms with van der Waals surface area (Å²) < 4.78 is 6.03. The van der Waals surface area contributed by atoms with Crippen LogP contribution in [0.4, 0.5) is 0 Å². The van der Waals surface area contributed by atoms with E-state index in [1.165, 1.54) is 83.5 Å². The summed E-state index contributed by atoms with van der Waals surface area (Å²) >= 11 is 0. The number of nitrogens with zero attached hydrogens (tertiary/aromatic N) is 3. The quantitative estimate of drug-likeness (QED) is 0.0489. The van der Waals surface area contributed by atoms with Crippen LogP contribution in [0.2, 0.25) is 0 Å². The Morgan fingerprint density at radius 1 is 0.509 bits per heavy atom. The number of carbonyl (C=O) groups is 2. The van der Waals surface area contributed by atoms with Crippen LogP contribution in [0, 0.1) is 29.6 Å². The molecule has 0 aliphatic rings. The predicted molar refractivity (Wildman–Crippen MR) is 238 cm³/mol. The minimum absolute atomic E-state index is 0.204. The molecule has 0 rings (SSSR count). The topological polar surface area (TPSA) is 73.3 Å². The first-order chi connectivity index (χ1) is 26.6. The summed E-state index contributed by atoms with van der Waals surface area (Å²) in [6, 6.07) is -0.443. The third-order valence-electron chi connectivity index (χ3n) is 13.1. The van der Waals surface area contributed by atoms with Gasteiger partial charge >= 0.3 is 5.97 Å². The molecule has 7 nitrogen and oxygen atoms in total. The number of carbonyl (C=O) groups excluding carboxylic acids is 1. The van der Waals surface area contributed by atoms with Crippen LogP contribution in [-0.4, -0.2) is 90.3 Å². The number of hydrogen-bond donors (Lipinski definition) is 1. The summed E-state index contributed by atoms with van der Waals surface area (Å²) in [4.78, 5) is 32.8. The smallest absolute Gasteiger partial charge is 0.320 e. The summed E-state index contributed by atoms with van der Waals surface area (Å²) in [6.45, 7) is 29.8. The predicted octanol–water partition coefficient (Wildman–Crippen LogP) is 12.7. The summed E-state index contributed by atoms with van der Waals surface area (Å²) in [5, 5.41) is 10.8. The highest BCUT2D eigenvalue weighted by molar-refractivity contribution is 5.73. The monoisotopic (exact) mass is 780 g/mol. The van der Waals surface area contributed by atoms with Crippen LogP contribution in [0.5, 0.6) is 0 Å². The van der Waals surface area contributed by atoms with Crippen molar-refractivity contribution < 1.29 is 19.4 Å². The van der Waals surface area contributed by atoms with E-state index in [1.54, 1.807) is 0 Å². The standard InChI is InChI=1S/C48H97N3O4/c1-11-21-26-41(16-6)35-46(48(53)54)50(38-44(19-9)29-24-14-4)33-31-49(37-43(18-8)28-23-13-3)32-34-51(39-45(20-10)30-25-15-5)47(55-40-52)36-42(17-7)27-22-12-2/h40-47H,11-39H2,1-10H3,(H,53,54). The molecule has 0 aromatic carbocycles. The van der Waals surface area contributed by atoms with Gasteiger partial charge in [0, 0.05) is 52.2 Å². The zero-order valence-electron chi connectivity index (χ0n) is 38.6. The molecule has 0 fully saturated rings. The fourth-order valence-corrected chi connectivity index (χ4v) is 8.67. The molecule has 328 valence electrons. The molecule has 0 spiro atoms. The van der Waals surface area contributed by atoms with Gasteiger partial charge in [0.15, 0.2) is 6.23 Å². The number of hydrogen-bond acceptors (Lipinski definition) is 6. The van der Waals surface area contributed by atoms with E-state index in [4.69, 9.17) is 4.74 Å². The normalized spacial score (nSPS) is 15.9. The molecular weight excluding hydrogens is 683 g/mol. The average molecular weight is 780 g/mol. The van der Waals surface area contributed by atoms with Crippen molar-refractivity contribution in [2.45, 2.75) is 223 Å². The lowest BCUT2D eigenvalue weighted by molar-refractivity contribution is -0.147. The van der Waals surface area contributed by atoms with E-state index in [1.807, 2.05) is 0 Å². The number of rotatable bonds is 41. The first kappa shape index (κ1) is 53.8. The highest BCUT2D eigenvalue weighted by atomic mass is 16.5. The number of carboxylic acid groups (broad SMARTS) is 1. The van der Waals surface area contributed by atoms with Crippen molar-refractivity contribution in [1.29, 1.82) is 0 Å². The SMILES string of the molecule is CCCCC(CC)CC(OC=O)N(CCN(CCN(CC(CC)CCCC)C(CC(CC)CCCC)C(=O)O)CC(CC)CCCC)CC(CC)CCCC. The first-order valence-electron chi connectivity index (χ1n) is 24.2. The molecule has 1 N–H and O–H groups in total. The molecular formula is C48H97N3O4. The van der Waals surface area contributed by atoms with E-state index in [-0.39, 0.29) is 6.23 Å². The molecule has 0 heterocycles. The largest absolute Gasteiger partial charge is 0.480 e. The molecule has 0 amide bonds. The van der Waals surface area contributed by atoms with Crippen LogP contribution in [0.3, 0.4) is 0 Å². The summed E-state index contributed by atoms with van der Waals surface area (Å²) in [7, 11) is 0. The Kier molecular flexibility index (Phi) is 35.2. The number of unbranched alkanes of at least 4 members (excludes halogenated alkanes) is 5. The molecule has 0 aliphatic heterocycles. The van der Waals surface area contributed by atoms with Crippen molar-refractivity contribution in [3.05, 3.63) is 0 Å². The average Bonchev–Trinajstić information content (AvgIpc) is 3.19. The Balaban J connectivity index is 6.73. The molecule has 0 aromatic rings. The molecule has 7 unspecified atom stereocenters. The van der Waals surface area contributed by atoms with Gasteiger partial charge in [-0.1, -0.05) is 178 Å². The van der Waals surface area contributed by atoms with E-state index in [9.17, 15) is 14.7 Å². The van der Waals surface area contributed by atoms with Gasteiger partial charge in [-0.15, -0.1) is 0 Å². The summed E-state index contributed by atoms with van der Waals surface area (Å²) in [6.07, 6.45) is 24.9. The summed E-state index contributed by atoms with van der Waals surface area (Å²) in [5.41, 5.74) is 0. The van der Waals surface area contributed by atoms with Gasteiger partial charge in [-0.05, 0) is 55.3 Å². The van der Waals surface area contributed by atoms with Crippen LogP contribution in [0.1, 0.15) is 210 Å². The maximum Gasteiger partial charge on any atom is 0.320 e. The van der Waals surface area contributed by atoms with Crippen molar-refractivity contribution in [1.82, 2.24) is 14.7 Å². The second-order valence-electron chi connectivity index (χ2n) is 17.4. The number of ether oxygens (including phenoxy) is 1. The molecule has 0 saturated heterocycles. The van der Waals surface area contributed by atoms with Gasteiger partial charge in [0.2, 0.25) is 0 Å². The van der Waals surface area contributed by atoms with Gasteiger partial charge in [0.1, 0.15) is 6.04 Å². The van der Waals surface area contributed by atoms with Gasteiger partial charge in [-0.25, -0.2) is 0 Å². The second kappa shape index (κ2) is 35.9. The first-order valence-corrected chi connectivity index (χ1v) is 24.2. The van der Waals surface area contributed by atoms with Crippen LogP contribution in [0.25, 0.3) is 0 Å². The van der Waals surface area contributed by atoms with Crippen LogP contribution in [-0.2, 0) is 14.3 Å². The Morgan fingerprint density at radius 3 is 1.25 bits per heavy atom. The second-order valence-corrected chi connectivity index (χ2v) is 17.4. The molecule has 7 heteroatoms. The Hall–Kier alpha value is -1.18. The van der Waals surface area contributed by atoms with E-state index in [0.29, 0.717) is 36.1 Å². The highest BCUT2D eigenvalue weighted by Crippen LogP contribution is 2.26. The Morgan fingerprint density at radius 2 is 0.873 bits per heavy atom. The lowest BCUT2D eigenvalue weighted by Gasteiger charge is -2.38. The van der Waals surface area contributed by atoms with Gasteiger partial charge in [-0.3, -0.25) is 19.4 Å². The molecule has 7 atom stereocenters. The van der Waals surface area contributed by atoms with E-state index < -0.39 is 12.0 Å². The lowest BCUT2D eigenvalue weighted by atomic mass is 9.90. The maximum atomic E-state index is 13.2. The fraction of sp³-hybridized carbons (Fsp3) is 0.958. The summed E-state index contributed by atoms with van der Waals surface area (Å²) in [5.74, 6) is 2.06. The van der Waals surface area contributed by atoms with Crippen molar-refractivity contribution >= 4 is 12.4 Å². The Labute approximate surface area is 343 Å². The highest BCUT2D eigenvalue weighted by Gasteiger charge is 2.31. The van der Waals surface area contributed by atoms with Crippen molar-refractivity contribution in [3.63, 3.8) is 0 Å². The fourth-order valence-electron chi connectivity index (χ4n) is 8.67. The molecule has 0 bridgehead atoms. The van der Waals surface area contributed by atoms with E-state index in [2.05, 4.69) is 83.9 Å². The van der Waals surface area contributed by atoms with E-state index >= 15 is 0 Å². The minimum atomic E-state index is -0.646. The zero-order valence-corrected chi connectivity index (χ0v) is 38.6. The lowest BCUT2D eigenvalue weighted by Crippen LogP contribution is -2.50. The van der Waals surface area contributed by atoms with Gasteiger partial charge in [-0.2, -0.15) is 0 Å². The number of carboxylic acids is 1. The van der Waals surface area contributed by atoms with E-state index in [0.717, 1.165) is 104 Å². The molecule has 0 saturated carbocycles. The van der Waals surface area contributed by atoms with Crippen LogP contribution >= 0.6 is 0 Å². The van der Waals surface area contributed by atoms with Gasteiger partial charge < -0.3 is 14.7 Å².